The minimum atomic E-state index is 0.000772. The number of aryl methyl sites for hydroxylation is 1. The van der Waals surface area contributed by atoms with Crippen LogP contribution in [0.2, 0.25) is 0 Å². The Morgan fingerprint density at radius 3 is 2.75 bits per heavy atom. The Hall–Kier alpha value is -1.35. The van der Waals surface area contributed by atoms with E-state index in [1.807, 2.05) is 32.0 Å². The standard InChI is InChI=1S/C17H25NO2/c1-12-7-8-15(11-19)10-16(12)18-17(20)13(2)9-14-5-3-4-6-14/h7-8,10,13-14,19H,3-6,9,11H2,1-2H3,(H,18,20). The number of aliphatic hydroxyl groups excluding tert-OH is 1. The molecule has 1 unspecified atom stereocenters. The van der Waals surface area contributed by atoms with Crippen LogP contribution in [-0.2, 0) is 11.4 Å². The second-order valence-corrected chi connectivity index (χ2v) is 6.08. The Kier molecular flexibility index (Phi) is 5.18. The summed E-state index contributed by atoms with van der Waals surface area (Å²) in [5.41, 5.74) is 2.68. The van der Waals surface area contributed by atoms with Crippen LogP contribution in [-0.4, -0.2) is 11.0 Å². The molecular weight excluding hydrogens is 250 g/mol. The number of aliphatic hydroxyl groups is 1. The van der Waals surface area contributed by atoms with Crippen molar-refractivity contribution in [2.75, 3.05) is 5.32 Å². The first kappa shape index (κ1) is 15.0. The SMILES string of the molecule is Cc1ccc(CO)cc1NC(=O)C(C)CC1CCCC1. The van der Waals surface area contributed by atoms with Gasteiger partial charge in [-0.05, 0) is 36.5 Å². The van der Waals surface area contributed by atoms with Crippen LogP contribution in [0.25, 0.3) is 0 Å². The van der Waals surface area contributed by atoms with Crippen LogP contribution in [0.5, 0.6) is 0 Å². The molecule has 2 rings (SSSR count). The first-order valence-corrected chi connectivity index (χ1v) is 7.61. The van der Waals surface area contributed by atoms with Gasteiger partial charge in [0, 0.05) is 11.6 Å². The zero-order chi connectivity index (χ0) is 14.5. The number of rotatable bonds is 5. The van der Waals surface area contributed by atoms with E-state index in [1.165, 1.54) is 25.7 Å². The molecule has 3 heteroatoms. The molecular formula is C17H25NO2. The number of hydrogen-bond acceptors (Lipinski definition) is 2. The fraction of sp³-hybridized carbons (Fsp3) is 0.588. The third-order valence-corrected chi connectivity index (χ3v) is 4.35. The van der Waals surface area contributed by atoms with Gasteiger partial charge in [0.25, 0.3) is 0 Å². The Morgan fingerprint density at radius 2 is 2.10 bits per heavy atom. The largest absolute Gasteiger partial charge is 0.392 e. The van der Waals surface area contributed by atoms with E-state index in [0.717, 1.165) is 29.2 Å². The van der Waals surface area contributed by atoms with Gasteiger partial charge < -0.3 is 10.4 Å². The maximum atomic E-state index is 12.3. The maximum absolute atomic E-state index is 12.3. The van der Waals surface area contributed by atoms with Gasteiger partial charge in [0.15, 0.2) is 0 Å². The molecule has 0 saturated heterocycles. The van der Waals surface area contributed by atoms with E-state index < -0.39 is 0 Å². The van der Waals surface area contributed by atoms with Crippen LogP contribution in [0.4, 0.5) is 5.69 Å². The van der Waals surface area contributed by atoms with E-state index >= 15 is 0 Å². The molecule has 1 aromatic rings. The lowest BCUT2D eigenvalue weighted by Gasteiger charge is -2.17. The second-order valence-electron chi connectivity index (χ2n) is 6.08. The van der Waals surface area contributed by atoms with Crippen molar-refractivity contribution >= 4 is 11.6 Å². The lowest BCUT2D eigenvalue weighted by molar-refractivity contribution is -0.119. The molecule has 1 atom stereocenters. The summed E-state index contributed by atoms with van der Waals surface area (Å²) < 4.78 is 0. The average Bonchev–Trinajstić information content (AvgIpc) is 2.94. The van der Waals surface area contributed by atoms with Crippen molar-refractivity contribution in [1.29, 1.82) is 0 Å². The molecule has 110 valence electrons. The van der Waals surface area contributed by atoms with E-state index in [1.54, 1.807) is 0 Å². The van der Waals surface area contributed by atoms with Gasteiger partial charge >= 0.3 is 0 Å². The molecule has 0 heterocycles. The topological polar surface area (TPSA) is 49.3 Å². The van der Waals surface area contributed by atoms with Crippen molar-refractivity contribution in [2.24, 2.45) is 11.8 Å². The minimum Gasteiger partial charge on any atom is -0.392 e. The summed E-state index contributed by atoms with van der Waals surface area (Å²) in [5.74, 6) is 0.867. The quantitative estimate of drug-likeness (QED) is 0.862. The van der Waals surface area contributed by atoms with Crippen LogP contribution in [0.3, 0.4) is 0 Å². The summed E-state index contributed by atoms with van der Waals surface area (Å²) in [6.45, 7) is 3.98. The van der Waals surface area contributed by atoms with Crippen LogP contribution < -0.4 is 5.32 Å². The van der Waals surface area contributed by atoms with Crippen molar-refractivity contribution in [3.05, 3.63) is 29.3 Å². The fourth-order valence-electron chi connectivity index (χ4n) is 3.01. The van der Waals surface area contributed by atoms with E-state index in [9.17, 15) is 9.90 Å². The Morgan fingerprint density at radius 1 is 1.40 bits per heavy atom. The molecule has 2 N–H and O–H groups in total. The predicted octanol–water partition coefficient (Wildman–Crippen LogP) is 3.64. The molecule has 1 aliphatic rings. The highest BCUT2D eigenvalue weighted by Crippen LogP contribution is 2.30. The number of hydrogen-bond donors (Lipinski definition) is 2. The summed E-state index contributed by atoms with van der Waals surface area (Å²) in [6, 6.07) is 5.67. The summed E-state index contributed by atoms with van der Waals surface area (Å²) in [7, 11) is 0. The van der Waals surface area contributed by atoms with E-state index in [2.05, 4.69) is 5.32 Å². The summed E-state index contributed by atoms with van der Waals surface area (Å²) in [5, 5.41) is 12.2. The molecule has 1 aliphatic carbocycles. The minimum absolute atomic E-state index is 0.000772. The number of anilines is 1. The third-order valence-electron chi connectivity index (χ3n) is 4.35. The first-order valence-electron chi connectivity index (χ1n) is 7.61. The lowest BCUT2D eigenvalue weighted by atomic mass is 9.94. The summed E-state index contributed by atoms with van der Waals surface area (Å²) in [4.78, 5) is 12.3. The monoisotopic (exact) mass is 275 g/mol. The van der Waals surface area contributed by atoms with Crippen molar-refractivity contribution in [3.63, 3.8) is 0 Å². The molecule has 0 aliphatic heterocycles. The van der Waals surface area contributed by atoms with Gasteiger partial charge in [0.2, 0.25) is 5.91 Å². The molecule has 0 aromatic heterocycles. The lowest BCUT2D eigenvalue weighted by Crippen LogP contribution is -2.22. The van der Waals surface area contributed by atoms with Gasteiger partial charge in [0.1, 0.15) is 0 Å². The molecule has 0 spiro atoms. The molecule has 0 bridgehead atoms. The van der Waals surface area contributed by atoms with Gasteiger partial charge in [0.05, 0.1) is 6.61 Å². The molecule has 1 fully saturated rings. The zero-order valence-corrected chi connectivity index (χ0v) is 12.5. The number of nitrogens with one attached hydrogen (secondary N) is 1. The highest BCUT2D eigenvalue weighted by Gasteiger charge is 2.22. The zero-order valence-electron chi connectivity index (χ0n) is 12.5. The number of amides is 1. The van der Waals surface area contributed by atoms with Crippen molar-refractivity contribution in [1.82, 2.24) is 0 Å². The molecule has 1 aromatic carbocycles. The van der Waals surface area contributed by atoms with Crippen molar-refractivity contribution in [3.8, 4) is 0 Å². The predicted molar refractivity (Wildman–Crippen MR) is 81.5 cm³/mol. The first-order chi connectivity index (χ1) is 9.60. The Labute approximate surface area is 121 Å². The van der Waals surface area contributed by atoms with Crippen LogP contribution in [0.15, 0.2) is 18.2 Å². The van der Waals surface area contributed by atoms with Crippen LogP contribution >= 0.6 is 0 Å². The van der Waals surface area contributed by atoms with Crippen molar-refractivity contribution in [2.45, 2.75) is 52.6 Å². The second kappa shape index (κ2) is 6.89. The van der Waals surface area contributed by atoms with Gasteiger partial charge in [-0.15, -0.1) is 0 Å². The van der Waals surface area contributed by atoms with Crippen LogP contribution in [0.1, 0.15) is 50.2 Å². The normalized spacial score (nSPS) is 17.1. The number of carbonyl (C=O) groups excluding carboxylic acids is 1. The van der Waals surface area contributed by atoms with Crippen LogP contribution in [0, 0.1) is 18.8 Å². The fourth-order valence-corrected chi connectivity index (χ4v) is 3.01. The Balaban J connectivity index is 1.95. The van der Waals surface area contributed by atoms with E-state index in [0.29, 0.717) is 0 Å². The molecule has 1 saturated carbocycles. The Bertz CT molecular complexity index is 464. The highest BCUT2D eigenvalue weighted by atomic mass is 16.3. The van der Waals surface area contributed by atoms with Gasteiger partial charge in [-0.1, -0.05) is 44.7 Å². The smallest absolute Gasteiger partial charge is 0.227 e. The summed E-state index contributed by atoms with van der Waals surface area (Å²) >= 11 is 0. The molecule has 20 heavy (non-hydrogen) atoms. The summed E-state index contributed by atoms with van der Waals surface area (Å²) in [6.07, 6.45) is 6.17. The van der Waals surface area contributed by atoms with Gasteiger partial charge in [-0.2, -0.15) is 0 Å². The number of carbonyl (C=O) groups is 1. The van der Waals surface area contributed by atoms with Crippen molar-refractivity contribution < 1.29 is 9.90 Å². The highest BCUT2D eigenvalue weighted by molar-refractivity contribution is 5.93. The third kappa shape index (κ3) is 3.83. The van der Waals surface area contributed by atoms with Gasteiger partial charge in [-0.25, -0.2) is 0 Å². The van der Waals surface area contributed by atoms with E-state index in [-0.39, 0.29) is 18.4 Å². The average molecular weight is 275 g/mol. The molecule has 1 amide bonds. The molecule has 0 radical (unpaired) electrons. The maximum Gasteiger partial charge on any atom is 0.227 e. The van der Waals surface area contributed by atoms with Gasteiger partial charge in [-0.3, -0.25) is 4.79 Å². The molecule has 3 nitrogen and oxygen atoms in total. The number of benzene rings is 1. The van der Waals surface area contributed by atoms with E-state index in [4.69, 9.17) is 0 Å².